The second-order valence-corrected chi connectivity index (χ2v) is 8.39. The quantitative estimate of drug-likeness (QED) is 0.220. The number of aromatic nitrogens is 2. The van der Waals surface area contributed by atoms with Gasteiger partial charge in [0.1, 0.15) is 11.6 Å². The lowest BCUT2D eigenvalue weighted by Crippen LogP contribution is -2.22. The SMILES string of the molecule is CCCCc1nc2ccc(Br)cc2c(=O)n1N=Cc1cc([N+](=O)[O-])ccc1O[C@@H](C)CC. The van der Waals surface area contributed by atoms with Gasteiger partial charge in [0.2, 0.25) is 0 Å². The van der Waals surface area contributed by atoms with Gasteiger partial charge in [-0.3, -0.25) is 14.9 Å². The Hall–Kier alpha value is -3.07. The summed E-state index contributed by atoms with van der Waals surface area (Å²) in [5.41, 5.74) is 0.643. The molecule has 0 radical (unpaired) electrons. The zero-order valence-corrected chi connectivity index (χ0v) is 19.8. The third-order valence-electron chi connectivity index (χ3n) is 5.05. The molecule has 168 valence electrons. The molecule has 0 aliphatic carbocycles. The maximum absolute atomic E-state index is 13.2. The summed E-state index contributed by atoms with van der Waals surface area (Å²) in [5.74, 6) is 1.01. The number of rotatable bonds is 9. The molecule has 1 aromatic heterocycles. The van der Waals surface area contributed by atoms with Gasteiger partial charge in [-0.25, -0.2) is 4.98 Å². The van der Waals surface area contributed by atoms with E-state index in [1.165, 1.54) is 23.0 Å². The van der Waals surface area contributed by atoms with E-state index in [-0.39, 0.29) is 17.4 Å². The van der Waals surface area contributed by atoms with Crippen LogP contribution in [0.25, 0.3) is 10.9 Å². The molecule has 2 aromatic carbocycles. The molecular formula is C23H25BrN4O4. The number of ether oxygens (including phenoxy) is 1. The largest absolute Gasteiger partial charge is 0.490 e. The van der Waals surface area contributed by atoms with Crippen LogP contribution >= 0.6 is 15.9 Å². The summed E-state index contributed by atoms with van der Waals surface area (Å²) in [4.78, 5) is 28.7. The molecule has 0 spiro atoms. The molecule has 8 nitrogen and oxygen atoms in total. The second kappa shape index (κ2) is 10.5. The molecular weight excluding hydrogens is 476 g/mol. The summed E-state index contributed by atoms with van der Waals surface area (Å²) >= 11 is 3.39. The second-order valence-electron chi connectivity index (χ2n) is 7.47. The van der Waals surface area contributed by atoms with Gasteiger partial charge in [-0.15, -0.1) is 0 Å². The Morgan fingerprint density at radius 1 is 1.28 bits per heavy atom. The van der Waals surface area contributed by atoms with Gasteiger partial charge in [0.05, 0.1) is 28.1 Å². The van der Waals surface area contributed by atoms with Crippen LogP contribution < -0.4 is 10.3 Å². The average Bonchev–Trinajstić information content (AvgIpc) is 2.78. The van der Waals surface area contributed by atoms with Crippen molar-refractivity contribution in [2.45, 2.75) is 52.6 Å². The molecule has 0 amide bonds. The van der Waals surface area contributed by atoms with E-state index in [0.29, 0.717) is 34.5 Å². The van der Waals surface area contributed by atoms with Gasteiger partial charge in [-0.05, 0) is 44.0 Å². The smallest absolute Gasteiger partial charge is 0.282 e. The molecule has 0 saturated carbocycles. The van der Waals surface area contributed by atoms with Crippen molar-refractivity contribution in [3.05, 3.63) is 72.7 Å². The van der Waals surface area contributed by atoms with Gasteiger partial charge in [0, 0.05) is 28.6 Å². The number of nitro benzene ring substituents is 1. The first-order chi connectivity index (χ1) is 15.3. The Bertz CT molecular complexity index is 1220. The minimum absolute atomic E-state index is 0.0777. The van der Waals surface area contributed by atoms with Gasteiger partial charge >= 0.3 is 0 Å². The van der Waals surface area contributed by atoms with Crippen molar-refractivity contribution in [3.8, 4) is 5.75 Å². The van der Waals surface area contributed by atoms with Crippen LogP contribution in [-0.2, 0) is 6.42 Å². The van der Waals surface area contributed by atoms with Gasteiger partial charge in [-0.2, -0.15) is 9.78 Å². The van der Waals surface area contributed by atoms with Crippen LogP contribution in [0.1, 0.15) is 51.4 Å². The van der Waals surface area contributed by atoms with E-state index in [9.17, 15) is 14.9 Å². The van der Waals surface area contributed by atoms with Crippen molar-refractivity contribution in [3.63, 3.8) is 0 Å². The highest BCUT2D eigenvalue weighted by Gasteiger charge is 2.14. The van der Waals surface area contributed by atoms with E-state index in [1.54, 1.807) is 18.2 Å². The van der Waals surface area contributed by atoms with E-state index in [1.807, 2.05) is 19.9 Å². The molecule has 3 aromatic rings. The zero-order chi connectivity index (χ0) is 23.3. The number of halogens is 1. The van der Waals surface area contributed by atoms with Crippen LogP contribution in [-0.4, -0.2) is 26.9 Å². The first-order valence-electron chi connectivity index (χ1n) is 10.5. The number of non-ortho nitro benzene ring substituents is 1. The highest BCUT2D eigenvalue weighted by atomic mass is 79.9. The van der Waals surface area contributed by atoms with Crippen molar-refractivity contribution < 1.29 is 9.66 Å². The normalized spacial score (nSPS) is 12.4. The maximum atomic E-state index is 13.2. The van der Waals surface area contributed by atoms with E-state index in [2.05, 4.69) is 32.9 Å². The molecule has 0 bridgehead atoms. The van der Waals surface area contributed by atoms with E-state index in [4.69, 9.17) is 4.74 Å². The van der Waals surface area contributed by atoms with E-state index in [0.717, 1.165) is 23.7 Å². The minimum Gasteiger partial charge on any atom is -0.490 e. The molecule has 32 heavy (non-hydrogen) atoms. The Morgan fingerprint density at radius 3 is 2.75 bits per heavy atom. The number of unbranched alkanes of at least 4 members (excludes halogenated alkanes) is 1. The first kappa shape index (κ1) is 23.6. The molecule has 0 saturated heterocycles. The van der Waals surface area contributed by atoms with Gasteiger partial charge < -0.3 is 4.74 Å². The van der Waals surface area contributed by atoms with Crippen LogP contribution in [0, 0.1) is 10.1 Å². The molecule has 9 heteroatoms. The van der Waals surface area contributed by atoms with Crippen LogP contribution in [0.4, 0.5) is 5.69 Å². The Balaban J connectivity index is 2.14. The summed E-state index contributed by atoms with van der Waals surface area (Å²) in [7, 11) is 0. The summed E-state index contributed by atoms with van der Waals surface area (Å²) in [5, 5.41) is 16.1. The summed E-state index contributed by atoms with van der Waals surface area (Å²) in [6, 6.07) is 9.69. The molecule has 1 heterocycles. The Labute approximate surface area is 194 Å². The highest BCUT2D eigenvalue weighted by molar-refractivity contribution is 9.10. The number of fused-ring (bicyclic) bond motifs is 1. The van der Waals surface area contributed by atoms with Crippen molar-refractivity contribution >= 4 is 38.7 Å². The van der Waals surface area contributed by atoms with Crippen LogP contribution in [0.2, 0.25) is 0 Å². The van der Waals surface area contributed by atoms with E-state index >= 15 is 0 Å². The maximum Gasteiger partial charge on any atom is 0.282 e. The van der Waals surface area contributed by atoms with Crippen LogP contribution in [0.5, 0.6) is 5.75 Å². The number of benzene rings is 2. The first-order valence-corrected chi connectivity index (χ1v) is 11.3. The third-order valence-corrected chi connectivity index (χ3v) is 5.54. The monoisotopic (exact) mass is 500 g/mol. The number of nitrogens with zero attached hydrogens (tertiary/aromatic N) is 4. The van der Waals surface area contributed by atoms with Crippen molar-refractivity contribution in [1.82, 2.24) is 9.66 Å². The third kappa shape index (κ3) is 5.40. The molecule has 0 aliphatic rings. The fourth-order valence-electron chi connectivity index (χ4n) is 3.09. The fraction of sp³-hybridized carbons (Fsp3) is 0.348. The van der Waals surface area contributed by atoms with Gasteiger partial charge in [0.15, 0.2) is 0 Å². The van der Waals surface area contributed by atoms with Crippen molar-refractivity contribution in [2.24, 2.45) is 5.10 Å². The zero-order valence-electron chi connectivity index (χ0n) is 18.2. The standard InChI is InChI=1S/C23H25BrN4O4/c1-4-6-7-22-26-20-10-8-17(24)13-19(20)23(29)27(22)25-14-16-12-18(28(30)31)9-11-21(16)32-15(3)5-2/h8-15H,4-7H2,1-3H3/t15-/m0/s1. The fourth-order valence-corrected chi connectivity index (χ4v) is 3.45. The Kier molecular flexibility index (Phi) is 7.74. The predicted molar refractivity (Wildman–Crippen MR) is 129 cm³/mol. The van der Waals surface area contributed by atoms with Crippen LogP contribution in [0.3, 0.4) is 0 Å². The number of aryl methyl sites for hydroxylation is 1. The lowest BCUT2D eigenvalue weighted by atomic mass is 10.2. The summed E-state index contributed by atoms with van der Waals surface area (Å²) < 4.78 is 7.95. The number of hydrogen-bond acceptors (Lipinski definition) is 6. The van der Waals surface area contributed by atoms with Crippen molar-refractivity contribution in [2.75, 3.05) is 0 Å². The molecule has 3 rings (SSSR count). The minimum atomic E-state index is -0.474. The average molecular weight is 501 g/mol. The molecule has 0 N–H and O–H groups in total. The highest BCUT2D eigenvalue weighted by Crippen LogP contribution is 2.24. The van der Waals surface area contributed by atoms with E-state index < -0.39 is 4.92 Å². The summed E-state index contributed by atoms with van der Waals surface area (Å²) in [6.45, 7) is 5.97. The summed E-state index contributed by atoms with van der Waals surface area (Å²) in [6.07, 6.45) is 4.50. The van der Waals surface area contributed by atoms with Gasteiger partial charge in [-0.1, -0.05) is 36.2 Å². The number of hydrogen-bond donors (Lipinski definition) is 0. The lowest BCUT2D eigenvalue weighted by molar-refractivity contribution is -0.384. The lowest BCUT2D eigenvalue weighted by Gasteiger charge is -2.14. The van der Waals surface area contributed by atoms with Crippen molar-refractivity contribution in [1.29, 1.82) is 0 Å². The molecule has 1 atom stereocenters. The topological polar surface area (TPSA) is 99.6 Å². The molecule has 0 unspecified atom stereocenters. The molecule has 0 fully saturated rings. The Morgan fingerprint density at radius 2 is 2.06 bits per heavy atom. The predicted octanol–water partition coefficient (Wildman–Crippen LogP) is 5.47. The van der Waals surface area contributed by atoms with Crippen LogP contribution in [0.15, 0.2) is 50.8 Å². The number of nitro groups is 1. The molecule has 0 aliphatic heterocycles. The van der Waals surface area contributed by atoms with Gasteiger partial charge in [0.25, 0.3) is 11.2 Å².